The van der Waals surface area contributed by atoms with Crippen LogP contribution in [-0.2, 0) is 10.8 Å². The largest absolute Gasteiger partial charge is 0.490 e. The van der Waals surface area contributed by atoms with Crippen LogP contribution in [0.4, 0.5) is 0 Å². The molecule has 1 rings (SSSR count). The van der Waals surface area contributed by atoms with E-state index in [1.54, 1.807) is 7.05 Å². The minimum absolute atomic E-state index is 0.0683. The highest BCUT2D eigenvalue weighted by molar-refractivity contribution is 5.97. The first-order valence-corrected chi connectivity index (χ1v) is 7.67. The van der Waals surface area contributed by atoms with Gasteiger partial charge in [-0.3, -0.25) is 4.79 Å². The second kappa shape index (κ2) is 6.69. The zero-order valence-corrected chi connectivity index (χ0v) is 14.8. The molecule has 0 spiro atoms. The highest BCUT2D eigenvalue weighted by Gasteiger charge is 2.28. The van der Waals surface area contributed by atoms with Gasteiger partial charge in [0, 0.05) is 7.05 Å². The fourth-order valence-corrected chi connectivity index (χ4v) is 2.41. The summed E-state index contributed by atoms with van der Waals surface area (Å²) in [6.45, 7) is 12.9. The number of aliphatic hydroxyl groups excluding tert-OH is 1. The summed E-state index contributed by atoms with van der Waals surface area (Å²) in [6.07, 6.45) is 0. The molecule has 1 amide bonds. The number of hydrogen-bond donors (Lipinski definition) is 2. The normalized spacial score (nSPS) is 12.2. The minimum Gasteiger partial charge on any atom is -0.490 e. The van der Waals surface area contributed by atoms with E-state index >= 15 is 0 Å². The first-order chi connectivity index (χ1) is 10.0. The van der Waals surface area contributed by atoms with Gasteiger partial charge in [0.25, 0.3) is 5.91 Å². The molecule has 0 bridgehead atoms. The molecule has 4 nitrogen and oxygen atoms in total. The lowest BCUT2D eigenvalue weighted by molar-refractivity contribution is 0.0957. The van der Waals surface area contributed by atoms with Crippen molar-refractivity contribution in [2.24, 2.45) is 0 Å². The van der Waals surface area contributed by atoms with Crippen molar-refractivity contribution in [2.75, 3.05) is 20.3 Å². The SMILES string of the molecule is CNC(=O)c1cc(C(C)(C)C)c(C(C)(C)C)cc1OCCO. The number of aliphatic hydroxyl groups is 1. The van der Waals surface area contributed by atoms with Crippen LogP contribution in [0, 0.1) is 0 Å². The van der Waals surface area contributed by atoms with Gasteiger partial charge in [0.05, 0.1) is 12.2 Å². The molecule has 0 aromatic heterocycles. The Kier molecular flexibility index (Phi) is 5.63. The van der Waals surface area contributed by atoms with Crippen LogP contribution in [0.15, 0.2) is 12.1 Å². The Hall–Kier alpha value is -1.55. The smallest absolute Gasteiger partial charge is 0.254 e. The number of nitrogens with one attached hydrogen (secondary N) is 1. The number of carbonyl (C=O) groups excluding carboxylic acids is 1. The zero-order chi connectivity index (χ0) is 17.1. The maximum atomic E-state index is 12.2. The van der Waals surface area contributed by atoms with Gasteiger partial charge in [-0.25, -0.2) is 0 Å². The number of hydrogen-bond acceptors (Lipinski definition) is 3. The van der Waals surface area contributed by atoms with E-state index in [2.05, 4.69) is 46.9 Å². The van der Waals surface area contributed by atoms with Crippen LogP contribution in [0.1, 0.15) is 63.0 Å². The van der Waals surface area contributed by atoms with E-state index in [4.69, 9.17) is 9.84 Å². The van der Waals surface area contributed by atoms with Crippen molar-refractivity contribution in [3.63, 3.8) is 0 Å². The fraction of sp³-hybridized carbons (Fsp3) is 0.611. The lowest BCUT2D eigenvalue weighted by Gasteiger charge is -2.31. The Balaban J connectivity index is 3.60. The predicted molar refractivity (Wildman–Crippen MR) is 89.8 cm³/mol. The summed E-state index contributed by atoms with van der Waals surface area (Å²) in [5.41, 5.74) is 2.65. The van der Waals surface area contributed by atoms with E-state index in [1.165, 1.54) is 0 Å². The Morgan fingerprint density at radius 2 is 1.59 bits per heavy atom. The molecule has 0 unspecified atom stereocenters. The second-order valence-corrected chi connectivity index (χ2v) is 7.55. The number of benzene rings is 1. The number of amides is 1. The number of rotatable bonds is 4. The van der Waals surface area contributed by atoms with Gasteiger partial charge in [-0.05, 0) is 34.1 Å². The van der Waals surface area contributed by atoms with E-state index in [1.807, 2.05) is 12.1 Å². The summed E-state index contributed by atoms with van der Waals surface area (Å²) in [6, 6.07) is 3.87. The van der Waals surface area contributed by atoms with E-state index in [9.17, 15) is 4.79 Å². The summed E-state index contributed by atoms with van der Waals surface area (Å²) in [5, 5.41) is 11.7. The number of ether oxygens (including phenoxy) is 1. The van der Waals surface area contributed by atoms with Crippen LogP contribution in [0.25, 0.3) is 0 Å². The Labute approximate surface area is 133 Å². The second-order valence-electron chi connectivity index (χ2n) is 7.55. The molecule has 4 heteroatoms. The van der Waals surface area contributed by atoms with Gasteiger partial charge in [0.15, 0.2) is 0 Å². The molecular weight excluding hydrogens is 278 g/mol. The van der Waals surface area contributed by atoms with Gasteiger partial charge in [0.2, 0.25) is 0 Å². The molecule has 0 fully saturated rings. The standard InChI is InChI=1S/C18H29NO3/c1-17(2,3)13-10-12(16(21)19-7)15(22-9-8-20)11-14(13)18(4,5)6/h10-11,20H,8-9H2,1-7H3,(H,19,21). The molecule has 124 valence electrons. The van der Waals surface area contributed by atoms with Gasteiger partial charge in [-0.1, -0.05) is 41.5 Å². The predicted octanol–water partition coefficient (Wildman–Crippen LogP) is 3.01. The van der Waals surface area contributed by atoms with E-state index in [0.717, 1.165) is 11.1 Å². The van der Waals surface area contributed by atoms with Gasteiger partial charge >= 0.3 is 0 Å². The van der Waals surface area contributed by atoms with Crippen LogP contribution in [-0.4, -0.2) is 31.3 Å². The summed E-state index contributed by atoms with van der Waals surface area (Å²) >= 11 is 0. The van der Waals surface area contributed by atoms with Crippen molar-refractivity contribution in [2.45, 2.75) is 52.4 Å². The molecule has 0 saturated carbocycles. The van der Waals surface area contributed by atoms with E-state index in [-0.39, 0.29) is 30.0 Å². The summed E-state index contributed by atoms with van der Waals surface area (Å²) < 4.78 is 5.60. The maximum absolute atomic E-state index is 12.2. The van der Waals surface area contributed by atoms with Crippen molar-refractivity contribution >= 4 is 5.91 Å². The molecule has 2 N–H and O–H groups in total. The van der Waals surface area contributed by atoms with E-state index < -0.39 is 0 Å². The quantitative estimate of drug-likeness (QED) is 0.899. The van der Waals surface area contributed by atoms with Crippen LogP contribution in [0.5, 0.6) is 5.75 Å². The molecule has 1 aromatic rings. The molecule has 1 aromatic carbocycles. The molecule has 0 aliphatic heterocycles. The molecule has 22 heavy (non-hydrogen) atoms. The Morgan fingerprint density at radius 1 is 1.09 bits per heavy atom. The molecule has 0 saturated heterocycles. The monoisotopic (exact) mass is 307 g/mol. The van der Waals surface area contributed by atoms with Crippen molar-refractivity contribution in [3.8, 4) is 5.75 Å². The summed E-state index contributed by atoms with van der Waals surface area (Å²) in [4.78, 5) is 12.2. The average molecular weight is 307 g/mol. The van der Waals surface area contributed by atoms with Gasteiger partial charge in [0.1, 0.15) is 12.4 Å². The van der Waals surface area contributed by atoms with Crippen LogP contribution >= 0.6 is 0 Å². The van der Waals surface area contributed by atoms with Crippen LogP contribution < -0.4 is 10.1 Å². The topological polar surface area (TPSA) is 58.6 Å². The fourth-order valence-electron chi connectivity index (χ4n) is 2.41. The third kappa shape index (κ3) is 4.23. The highest BCUT2D eigenvalue weighted by Crippen LogP contribution is 2.38. The maximum Gasteiger partial charge on any atom is 0.254 e. The first kappa shape index (κ1) is 18.5. The molecule has 0 atom stereocenters. The third-order valence-corrected chi connectivity index (χ3v) is 3.56. The lowest BCUT2D eigenvalue weighted by atomic mass is 9.74. The van der Waals surface area contributed by atoms with Crippen molar-refractivity contribution in [1.29, 1.82) is 0 Å². The van der Waals surface area contributed by atoms with Gasteiger partial charge in [-0.2, -0.15) is 0 Å². The first-order valence-electron chi connectivity index (χ1n) is 7.67. The summed E-state index contributed by atoms with van der Waals surface area (Å²) in [5.74, 6) is 0.338. The van der Waals surface area contributed by atoms with Gasteiger partial charge in [-0.15, -0.1) is 0 Å². The molecule has 0 aliphatic carbocycles. The summed E-state index contributed by atoms with van der Waals surface area (Å²) in [7, 11) is 1.60. The Bertz CT molecular complexity index is 536. The zero-order valence-electron chi connectivity index (χ0n) is 14.8. The minimum atomic E-state index is -0.182. The third-order valence-electron chi connectivity index (χ3n) is 3.56. The lowest BCUT2D eigenvalue weighted by Crippen LogP contribution is -2.25. The van der Waals surface area contributed by atoms with Crippen LogP contribution in [0.2, 0.25) is 0 Å². The van der Waals surface area contributed by atoms with E-state index in [0.29, 0.717) is 11.3 Å². The molecule has 0 radical (unpaired) electrons. The average Bonchev–Trinajstić information content (AvgIpc) is 2.41. The van der Waals surface area contributed by atoms with Crippen molar-refractivity contribution in [3.05, 3.63) is 28.8 Å². The Morgan fingerprint density at radius 3 is 2.00 bits per heavy atom. The molecule has 0 heterocycles. The van der Waals surface area contributed by atoms with Crippen molar-refractivity contribution < 1.29 is 14.6 Å². The van der Waals surface area contributed by atoms with Gasteiger partial charge < -0.3 is 15.2 Å². The molecule has 0 aliphatic rings. The molecular formula is C18H29NO3. The highest BCUT2D eigenvalue weighted by atomic mass is 16.5. The van der Waals surface area contributed by atoms with Crippen molar-refractivity contribution in [1.82, 2.24) is 5.32 Å². The van der Waals surface area contributed by atoms with Crippen LogP contribution in [0.3, 0.4) is 0 Å². The number of carbonyl (C=O) groups is 1.